The van der Waals surface area contributed by atoms with Crippen molar-refractivity contribution in [2.24, 2.45) is 0 Å². The Morgan fingerprint density at radius 1 is 1.45 bits per heavy atom. The topological polar surface area (TPSA) is 93.9 Å². The van der Waals surface area contributed by atoms with Crippen molar-refractivity contribution >= 4 is 11.7 Å². The van der Waals surface area contributed by atoms with Crippen LogP contribution in [0, 0.1) is 11.3 Å². The highest BCUT2D eigenvalue weighted by atomic mass is 16.1. The van der Waals surface area contributed by atoms with E-state index in [-0.39, 0.29) is 5.91 Å². The molecule has 0 aliphatic carbocycles. The predicted molar refractivity (Wildman–Crippen MR) is 74.1 cm³/mol. The molecule has 0 saturated carbocycles. The standard InChI is InChI=1S/C13H18N6O/c1-15-13(20)11-2-3-12(18-17-11)16-10-4-7-19(8-5-10)9-6-14/h2-3,10H,4-5,7-9H2,1H3,(H,15,20)(H,16,18). The molecule has 0 unspecified atom stereocenters. The Morgan fingerprint density at radius 3 is 2.75 bits per heavy atom. The van der Waals surface area contributed by atoms with Gasteiger partial charge in [-0.3, -0.25) is 9.69 Å². The summed E-state index contributed by atoms with van der Waals surface area (Å²) < 4.78 is 0. The zero-order valence-electron chi connectivity index (χ0n) is 11.5. The molecule has 2 N–H and O–H groups in total. The number of hydrogen-bond donors (Lipinski definition) is 2. The first-order chi connectivity index (χ1) is 9.72. The number of carbonyl (C=O) groups is 1. The van der Waals surface area contributed by atoms with Gasteiger partial charge in [-0.05, 0) is 25.0 Å². The molecule has 0 aromatic carbocycles. The molecule has 1 aromatic rings. The number of nitrogens with one attached hydrogen (secondary N) is 2. The van der Waals surface area contributed by atoms with Crippen molar-refractivity contribution in [3.05, 3.63) is 17.8 Å². The van der Waals surface area contributed by atoms with Gasteiger partial charge in [0, 0.05) is 26.2 Å². The van der Waals surface area contributed by atoms with Gasteiger partial charge in [0.2, 0.25) is 0 Å². The Labute approximate surface area is 118 Å². The quantitative estimate of drug-likeness (QED) is 0.764. The van der Waals surface area contributed by atoms with Crippen molar-refractivity contribution in [1.82, 2.24) is 20.4 Å². The van der Waals surface area contributed by atoms with Crippen molar-refractivity contribution in [3.63, 3.8) is 0 Å². The number of rotatable bonds is 4. The minimum atomic E-state index is -0.242. The summed E-state index contributed by atoms with van der Waals surface area (Å²) in [5.41, 5.74) is 0.307. The maximum absolute atomic E-state index is 11.3. The molecule has 2 rings (SSSR count). The molecule has 1 aliphatic rings. The summed E-state index contributed by atoms with van der Waals surface area (Å²) in [7, 11) is 1.56. The average molecular weight is 274 g/mol. The van der Waals surface area contributed by atoms with E-state index in [0.29, 0.717) is 24.1 Å². The van der Waals surface area contributed by atoms with E-state index in [9.17, 15) is 4.79 Å². The largest absolute Gasteiger partial charge is 0.366 e. The summed E-state index contributed by atoms with van der Waals surface area (Å²) in [6.45, 7) is 2.32. The zero-order valence-corrected chi connectivity index (χ0v) is 11.5. The third-order valence-electron chi connectivity index (χ3n) is 3.36. The molecule has 20 heavy (non-hydrogen) atoms. The molecule has 1 aliphatic heterocycles. The van der Waals surface area contributed by atoms with Crippen LogP contribution in [0.2, 0.25) is 0 Å². The van der Waals surface area contributed by atoms with Gasteiger partial charge in [0.05, 0.1) is 12.6 Å². The molecule has 0 bridgehead atoms. The van der Waals surface area contributed by atoms with Crippen LogP contribution in [0.25, 0.3) is 0 Å². The van der Waals surface area contributed by atoms with E-state index in [1.165, 1.54) is 0 Å². The summed E-state index contributed by atoms with van der Waals surface area (Å²) in [6, 6.07) is 5.92. The fourth-order valence-corrected chi connectivity index (χ4v) is 2.20. The van der Waals surface area contributed by atoms with E-state index in [2.05, 4.69) is 31.8 Å². The van der Waals surface area contributed by atoms with Crippen LogP contribution in [0.15, 0.2) is 12.1 Å². The Bertz CT molecular complexity index is 487. The molecule has 7 heteroatoms. The molecular formula is C13H18N6O. The number of hydrogen-bond acceptors (Lipinski definition) is 6. The second-order valence-corrected chi connectivity index (χ2v) is 4.74. The van der Waals surface area contributed by atoms with E-state index >= 15 is 0 Å². The van der Waals surface area contributed by atoms with Crippen molar-refractivity contribution in [1.29, 1.82) is 5.26 Å². The number of nitrogens with zero attached hydrogens (tertiary/aromatic N) is 4. The monoisotopic (exact) mass is 274 g/mol. The summed E-state index contributed by atoms with van der Waals surface area (Å²) in [5.74, 6) is 0.435. The minimum Gasteiger partial charge on any atom is -0.366 e. The highest BCUT2D eigenvalue weighted by Crippen LogP contribution is 2.14. The van der Waals surface area contributed by atoms with Gasteiger partial charge in [-0.1, -0.05) is 0 Å². The molecule has 0 spiro atoms. The summed E-state index contributed by atoms with van der Waals surface area (Å²) in [5, 5.41) is 22.4. The van der Waals surface area contributed by atoms with Crippen LogP contribution in [0.5, 0.6) is 0 Å². The SMILES string of the molecule is CNC(=O)c1ccc(NC2CCN(CC#N)CC2)nn1. The lowest BCUT2D eigenvalue weighted by molar-refractivity contribution is 0.0957. The lowest BCUT2D eigenvalue weighted by Gasteiger charge is -2.30. The summed E-state index contributed by atoms with van der Waals surface area (Å²) in [4.78, 5) is 13.5. The van der Waals surface area contributed by atoms with Crippen molar-refractivity contribution in [3.8, 4) is 6.07 Å². The number of amides is 1. The molecule has 0 radical (unpaired) electrons. The van der Waals surface area contributed by atoms with Gasteiger partial charge in [-0.2, -0.15) is 5.26 Å². The normalized spacial score (nSPS) is 16.4. The summed E-state index contributed by atoms with van der Waals surface area (Å²) in [6.07, 6.45) is 1.95. The van der Waals surface area contributed by atoms with Crippen LogP contribution in [-0.4, -0.2) is 53.7 Å². The highest BCUT2D eigenvalue weighted by molar-refractivity contribution is 5.91. The van der Waals surface area contributed by atoms with Gasteiger partial charge in [-0.25, -0.2) is 0 Å². The third-order valence-corrected chi connectivity index (χ3v) is 3.36. The van der Waals surface area contributed by atoms with Crippen molar-refractivity contribution in [2.45, 2.75) is 18.9 Å². The predicted octanol–water partition coefficient (Wildman–Crippen LogP) is 0.236. The molecule has 2 heterocycles. The maximum Gasteiger partial charge on any atom is 0.271 e. The van der Waals surface area contributed by atoms with Gasteiger partial charge in [0.25, 0.3) is 5.91 Å². The first-order valence-corrected chi connectivity index (χ1v) is 6.64. The van der Waals surface area contributed by atoms with Crippen LogP contribution in [0.3, 0.4) is 0 Å². The zero-order chi connectivity index (χ0) is 14.4. The molecular weight excluding hydrogens is 256 g/mol. The summed E-state index contributed by atoms with van der Waals surface area (Å²) >= 11 is 0. The molecule has 1 fully saturated rings. The second kappa shape index (κ2) is 6.82. The molecule has 1 amide bonds. The van der Waals surface area contributed by atoms with Crippen LogP contribution in [0.1, 0.15) is 23.3 Å². The Kier molecular flexibility index (Phi) is 4.85. The van der Waals surface area contributed by atoms with E-state index < -0.39 is 0 Å². The number of aromatic nitrogens is 2. The van der Waals surface area contributed by atoms with Gasteiger partial charge in [0.1, 0.15) is 5.82 Å². The molecule has 1 saturated heterocycles. The van der Waals surface area contributed by atoms with Crippen LogP contribution in [0.4, 0.5) is 5.82 Å². The van der Waals surface area contributed by atoms with Crippen LogP contribution < -0.4 is 10.6 Å². The van der Waals surface area contributed by atoms with E-state index in [4.69, 9.17) is 5.26 Å². The highest BCUT2D eigenvalue weighted by Gasteiger charge is 2.19. The van der Waals surface area contributed by atoms with Gasteiger partial charge in [0.15, 0.2) is 5.69 Å². The fraction of sp³-hybridized carbons (Fsp3) is 0.538. The van der Waals surface area contributed by atoms with Gasteiger partial charge < -0.3 is 10.6 Å². The number of nitriles is 1. The maximum atomic E-state index is 11.3. The van der Waals surface area contributed by atoms with Crippen LogP contribution >= 0.6 is 0 Å². The first kappa shape index (κ1) is 14.2. The van der Waals surface area contributed by atoms with Crippen molar-refractivity contribution in [2.75, 3.05) is 32.0 Å². The third kappa shape index (κ3) is 3.65. The number of piperidine rings is 1. The number of carbonyl (C=O) groups excluding carboxylic acids is 1. The Morgan fingerprint density at radius 2 is 2.20 bits per heavy atom. The lowest BCUT2D eigenvalue weighted by atomic mass is 10.1. The van der Waals surface area contributed by atoms with Gasteiger partial charge in [-0.15, -0.1) is 10.2 Å². The Hall–Kier alpha value is -2.20. The number of likely N-dealkylation sites (tertiary alicyclic amines) is 1. The van der Waals surface area contributed by atoms with Gasteiger partial charge >= 0.3 is 0 Å². The number of anilines is 1. The lowest BCUT2D eigenvalue weighted by Crippen LogP contribution is -2.39. The van der Waals surface area contributed by atoms with E-state index in [1.54, 1.807) is 19.2 Å². The molecule has 106 valence electrons. The van der Waals surface area contributed by atoms with E-state index in [0.717, 1.165) is 25.9 Å². The average Bonchev–Trinajstić information content (AvgIpc) is 2.49. The molecule has 0 atom stereocenters. The molecule has 1 aromatic heterocycles. The smallest absolute Gasteiger partial charge is 0.271 e. The minimum absolute atomic E-state index is 0.242. The second-order valence-electron chi connectivity index (χ2n) is 4.74. The van der Waals surface area contributed by atoms with E-state index in [1.807, 2.05) is 0 Å². The fourth-order valence-electron chi connectivity index (χ4n) is 2.20. The Balaban J connectivity index is 1.85. The first-order valence-electron chi connectivity index (χ1n) is 6.64. The molecule has 7 nitrogen and oxygen atoms in total. The van der Waals surface area contributed by atoms with Crippen molar-refractivity contribution < 1.29 is 4.79 Å². The van der Waals surface area contributed by atoms with Crippen LogP contribution in [-0.2, 0) is 0 Å².